The van der Waals surface area contributed by atoms with Gasteiger partial charge in [-0.15, -0.1) is 11.3 Å². The molecular formula is C23H24F2N2O4S. The van der Waals surface area contributed by atoms with Gasteiger partial charge in [0.25, 0.3) is 0 Å². The van der Waals surface area contributed by atoms with Crippen molar-refractivity contribution >= 4 is 23.0 Å². The largest absolute Gasteiger partial charge is 0.493 e. The van der Waals surface area contributed by atoms with E-state index in [4.69, 9.17) is 9.47 Å². The number of alkyl halides is 2. The van der Waals surface area contributed by atoms with Crippen LogP contribution in [0.3, 0.4) is 0 Å². The van der Waals surface area contributed by atoms with Gasteiger partial charge in [0.15, 0.2) is 11.5 Å². The fourth-order valence-electron chi connectivity index (χ4n) is 2.95. The molecule has 0 fully saturated rings. The lowest BCUT2D eigenvalue weighted by molar-refractivity contribution is -0.0512. The molecule has 1 heterocycles. The van der Waals surface area contributed by atoms with Gasteiger partial charge in [-0.25, -0.2) is 4.79 Å². The molecule has 6 nitrogen and oxygen atoms in total. The molecule has 0 aliphatic carbocycles. The highest BCUT2D eigenvalue weighted by Gasteiger charge is 2.21. The van der Waals surface area contributed by atoms with Crippen molar-refractivity contribution in [3.63, 3.8) is 0 Å². The van der Waals surface area contributed by atoms with E-state index in [0.29, 0.717) is 5.56 Å². The minimum Gasteiger partial charge on any atom is -0.493 e. The Labute approximate surface area is 189 Å². The zero-order chi connectivity index (χ0) is 23.3. The molecule has 0 saturated carbocycles. The van der Waals surface area contributed by atoms with Crippen molar-refractivity contribution in [3.8, 4) is 11.5 Å². The summed E-state index contributed by atoms with van der Waals surface area (Å²) in [5.41, 5.74) is 3.09. The van der Waals surface area contributed by atoms with Gasteiger partial charge in [0.2, 0.25) is 0 Å². The molecule has 0 amide bonds. The monoisotopic (exact) mass is 462 g/mol. The molecule has 3 aromatic rings. The Kier molecular flexibility index (Phi) is 7.29. The van der Waals surface area contributed by atoms with Crippen LogP contribution in [0.15, 0.2) is 54.2 Å². The molecule has 0 spiro atoms. The van der Waals surface area contributed by atoms with E-state index in [9.17, 15) is 13.6 Å². The summed E-state index contributed by atoms with van der Waals surface area (Å²) in [6, 6.07) is 11.4. The average molecular weight is 463 g/mol. The van der Waals surface area contributed by atoms with Gasteiger partial charge in [0.05, 0.1) is 29.1 Å². The summed E-state index contributed by atoms with van der Waals surface area (Å²) in [4.78, 5) is 17.3. The van der Waals surface area contributed by atoms with Crippen molar-refractivity contribution in [2.75, 3.05) is 12.4 Å². The van der Waals surface area contributed by atoms with E-state index in [1.54, 1.807) is 48.1 Å². The van der Waals surface area contributed by atoms with Gasteiger partial charge in [0, 0.05) is 11.9 Å². The lowest BCUT2D eigenvalue weighted by Gasteiger charge is -2.21. The molecule has 32 heavy (non-hydrogen) atoms. The summed E-state index contributed by atoms with van der Waals surface area (Å²) in [7, 11) is 1.39. The number of ether oxygens (including phenoxy) is 3. The predicted molar refractivity (Wildman–Crippen MR) is 119 cm³/mol. The maximum Gasteiger partial charge on any atom is 0.387 e. The summed E-state index contributed by atoms with van der Waals surface area (Å²) in [5, 5.41) is 3.40. The number of rotatable bonds is 8. The standard InChI is InChI=1S/C23H24F2N2O4S/c1-23(2,3)31-21(28)14-5-8-16(9-6-14)27-20(19-12-26-13-32-19)15-7-10-17(30-22(24)25)18(11-15)29-4/h5-13,20,22,27H,1-4H3. The minimum absolute atomic E-state index is 0.0454. The van der Waals surface area contributed by atoms with Crippen LogP contribution in [0.2, 0.25) is 0 Å². The van der Waals surface area contributed by atoms with Crippen LogP contribution in [0.4, 0.5) is 14.5 Å². The quantitative estimate of drug-likeness (QED) is 0.420. The molecule has 0 radical (unpaired) electrons. The number of nitrogens with one attached hydrogen (secondary N) is 1. The molecule has 1 aromatic heterocycles. The molecule has 0 saturated heterocycles. The topological polar surface area (TPSA) is 69.7 Å². The Bertz CT molecular complexity index is 1040. The molecule has 0 bridgehead atoms. The van der Waals surface area contributed by atoms with E-state index in [1.807, 2.05) is 20.8 Å². The number of hydrogen-bond donors (Lipinski definition) is 1. The van der Waals surface area contributed by atoms with Gasteiger partial charge in [0.1, 0.15) is 5.60 Å². The van der Waals surface area contributed by atoms with Crippen molar-refractivity contribution in [3.05, 3.63) is 70.2 Å². The van der Waals surface area contributed by atoms with E-state index >= 15 is 0 Å². The van der Waals surface area contributed by atoms with Crippen LogP contribution in [-0.4, -0.2) is 30.3 Å². The fraction of sp³-hybridized carbons (Fsp3) is 0.304. The van der Waals surface area contributed by atoms with Crippen molar-refractivity contribution in [2.45, 2.75) is 39.0 Å². The van der Waals surface area contributed by atoms with Gasteiger partial charge in [-0.1, -0.05) is 6.07 Å². The van der Waals surface area contributed by atoms with Gasteiger partial charge in [-0.2, -0.15) is 8.78 Å². The van der Waals surface area contributed by atoms with E-state index < -0.39 is 18.2 Å². The van der Waals surface area contributed by atoms with Crippen molar-refractivity contribution in [2.24, 2.45) is 0 Å². The number of thiazole rings is 1. The molecule has 1 unspecified atom stereocenters. The first kappa shape index (κ1) is 23.5. The Morgan fingerprint density at radius 2 is 1.81 bits per heavy atom. The first-order valence-electron chi connectivity index (χ1n) is 9.77. The molecule has 2 aromatic carbocycles. The molecule has 0 aliphatic rings. The normalized spacial score (nSPS) is 12.3. The second-order valence-corrected chi connectivity index (χ2v) is 8.77. The number of hydrogen-bond acceptors (Lipinski definition) is 7. The lowest BCUT2D eigenvalue weighted by atomic mass is 10.0. The molecule has 3 rings (SSSR count). The number of anilines is 1. The van der Waals surface area contributed by atoms with Crippen LogP contribution in [0.5, 0.6) is 11.5 Å². The zero-order valence-electron chi connectivity index (χ0n) is 18.1. The predicted octanol–water partition coefficient (Wildman–Crippen LogP) is 5.91. The highest BCUT2D eigenvalue weighted by molar-refractivity contribution is 7.09. The van der Waals surface area contributed by atoms with Crippen molar-refractivity contribution < 1.29 is 27.8 Å². The van der Waals surface area contributed by atoms with Crippen LogP contribution in [0.25, 0.3) is 0 Å². The van der Waals surface area contributed by atoms with E-state index in [1.165, 1.54) is 24.5 Å². The highest BCUT2D eigenvalue weighted by atomic mass is 32.1. The second kappa shape index (κ2) is 9.95. The third kappa shape index (κ3) is 6.16. The van der Waals surface area contributed by atoms with Gasteiger partial charge in [-0.05, 0) is 62.7 Å². The molecule has 0 aliphatic heterocycles. The maximum absolute atomic E-state index is 12.7. The summed E-state index contributed by atoms with van der Waals surface area (Å²) < 4.78 is 40.5. The third-order valence-electron chi connectivity index (χ3n) is 4.30. The number of benzene rings is 2. The number of carbonyl (C=O) groups is 1. The minimum atomic E-state index is -2.95. The first-order chi connectivity index (χ1) is 15.2. The number of carbonyl (C=O) groups excluding carboxylic acids is 1. The van der Waals surface area contributed by atoms with E-state index in [2.05, 4.69) is 15.0 Å². The SMILES string of the molecule is COc1cc(C(Nc2ccc(C(=O)OC(C)(C)C)cc2)c2cncs2)ccc1OC(F)F. The summed E-state index contributed by atoms with van der Waals surface area (Å²) in [5.74, 6) is -0.252. The molecule has 1 atom stereocenters. The summed E-state index contributed by atoms with van der Waals surface area (Å²) in [6.07, 6.45) is 1.73. The van der Waals surface area contributed by atoms with Crippen LogP contribution in [-0.2, 0) is 4.74 Å². The van der Waals surface area contributed by atoms with E-state index in [-0.39, 0.29) is 17.5 Å². The Hall–Kier alpha value is -3.20. The van der Waals surface area contributed by atoms with E-state index in [0.717, 1.165) is 16.1 Å². The third-order valence-corrected chi connectivity index (χ3v) is 5.14. The smallest absolute Gasteiger partial charge is 0.387 e. The Balaban J connectivity index is 1.86. The number of nitrogens with zero attached hydrogens (tertiary/aromatic N) is 1. The highest BCUT2D eigenvalue weighted by Crippen LogP contribution is 2.36. The summed E-state index contributed by atoms with van der Waals surface area (Å²) >= 11 is 1.45. The lowest BCUT2D eigenvalue weighted by Crippen LogP contribution is -2.23. The molecular weight excluding hydrogens is 438 g/mol. The molecule has 9 heteroatoms. The fourth-order valence-corrected chi connectivity index (χ4v) is 3.65. The molecule has 170 valence electrons. The Morgan fingerprint density at radius 3 is 2.38 bits per heavy atom. The number of halogens is 2. The maximum atomic E-state index is 12.7. The van der Waals surface area contributed by atoms with Crippen LogP contribution >= 0.6 is 11.3 Å². The Morgan fingerprint density at radius 1 is 1.09 bits per heavy atom. The van der Waals surface area contributed by atoms with Gasteiger partial charge < -0.3 is 19.5 Å². The van der Waals surface area contributed by atoms with Crippen LogP contribution < -0.4 is 14.8 Å². The van der Waals surface area contributed by atoms with Crippen molar-refractivity contribution in [1.82, 2.24) is 4.98 Å². The van der Waals surface area contributed by atoms with Gasteiger partial charge >= 0.3 is 12.6 Å². The van der Waals surface area contributed by atoms with Gasteiger partial charge in [-0.3, -0.25) is 4.98 Å². The number of methoxy groups -OCH3 is 1. The summed E-state index contributed by atoms with van der Waals surface area (Å²) in [6.45, 7) is 2.49. The molecule has 1 N–H and O–H groups in total. The zero-order valence-corrected chi connectivity index (χ0v) is 18.9. The van der Waals surface area contributed by atoms with Crippen LogP contribution in [0, 0.1) is 0 Å². The number of aromatic nitrogens is 1. The number of esters is 1. The van der Waals surface area contributed by atoms with Crippen molar-refractivity contribution in [1.29, 1.82) is 0 Å². The second-order valence-electron chi connectivity index (χ2n) is 7.85. The van der Waals surface area contributed by atoms with Crippen LogP contribution in [0.1, 0.15) is 47.6 Å². The first-order valence-corrected chi connectivity index (χ1v) is 10.7. The average Bonchev–Trinajstić information content (AvgIpc) is 3.26.